The molecule has 0 aliphatic heterocycles. The molecule has 94 valence electrons. The summed E-state index contributed by atoms with van der Waals surface area (Å²) in [4.78, 5) is 0. The van der Waals surface area contributed by atoms with Gasteiger partial charge in [0.1, 0.15) is 0 Å². The van der Waals surface area contributed by atoms with Crippen molar-refractivity contribution in [2.45, 2.75) is 39.0 Å². The molecule has 0 bridgehead atoms. The van der Waals surface area contributed by atoms with Gasteiger partial charge in [0.15, 0.2) is 0 Å². The predicted molar refractivity (Wildman–Crippen MR) is 73.3 cm³/mol. The molecule has 0 amide bonds. The van der Waals surface area contributed by atoms with Gasteiger partial charge in [-0.1, -0.05) is 26.2 Å². The van der Waals surface area contributed by atoms with Crippen LogP contribution >= 0.6 is 18.6 Å². The maximum absolute atomic E-state index is 4.89. The van der Waals surface area contributed by atoms with Gasteiger partial charge in [-0.3, -0.25) is 12.2 Å². The van der Waals surface area contributed by atoms with Crippen LogP contribution in [-0.2, 0) is 17.0 Å². The average molecular weight is 305 g/mol. The van der Waals surface area contributed by atoms with Crippen LogP contribution in [0.4, 0.5) is 0 Å². The first kappa shape index (κ1) is 17.3. The van der Waals surface area contributed by atoms with Crippen LogP contribution in [0.3, 0.4) is 0 Å². The molecule has 2 aliphatic carbocycles. The summed E-state index contributed by atoms with van der Waals surface area (Å²) in [5.41, 5.74) is 1.41. The van der Waals surface area contributed by atoms with Gasteiger partial charge in [-0.15, -0.1) is 12.8 Å². The van der Waals surface area contributed by atoms with Gasteiger partial charge >= 0.3 is 35.6 Å². The monoisotopic (exact) mass is 304 g/mol. The summed E-state index contributed by atoms with van der Waals surface area (Å²) in [5, 5.41) is 0. The van der Waals surface area contributed by atoms with Gasteiger partial charge in [0, 0.05) is 0 Å². The molecule has 2 aliphatic rings. The molecule has 0 aromatic carbocycles. The molecule has 0 aromatic heterocycles. The molecule has 0 nitrogen and oxygen atoms in total. The normalized spacial score (nSPS) is 14.6. The van der Waals surface area contributed by atoms with Crippen molar-refractivity contribution in [1.29, 1.82) is 0 Å². The van der Waals surface area contributed by atoms with Gasteiger partial charge < -0.3 is 0 Å². The SMILES string of the molecule is CCCCC1=[C-]CC=C1.[C-]1=CC=CC1.[Cl][Ti][Cl]. The fourth-order valence-corrected chi connectivity index (χ4v) is 1.33. The van der Waals surface area contributed by atoms with E-state index >= 15 is 0 Å². The van der Waals surface area contributed by atoms with E-state index in [4.69, 9.17) is 18.6 Å². The Morgan fingerprint density at radius 3 is 2.41 bits per heavy atom. The van der Waals surface area contributed by atoms with Crippen LogP contribution < -0.4 is 0 Å². The van der Waals surface area contributed by atoms with Crippen molar-refractivity contribution >= 4 is 18.6 Å². The van der Waals surface area contributed by atoms with Crippen LogP contribution in [0.2, 0.25) is 0 Å². The van der Waals surface area contributed by atoms with Crippen LogP contribution in [0.25, 0.3) is 0 Å². The first-order valence-corrected chi connectivity index (χ1v) is 10.1. The van der Waals surface area contributed by atoms with E-state index in [-0.39, 0.29) is 0 Å². The Hall–Kier alpha value is 0.254. The molecule has 0 unspecified atom stereocenters. The fraction of sp³-hybridized carbons (Fsp3) is 0.429. The zero-order valence-corrected chi connectivity index (χ0v) is 13.3. The Balaban J connectivity index is 0.000000270. The topological polar surface area (TPSA) is 0 Å². The summed E-state index contributed by atoms with van der Waals surface area (Å²) in [6.45, 7) is 2.22. The van der Waals surface area contributed by atoms with Crippen molar-refractivity contribution in [1.82, 2.24) is 0 Å². The summed E-state index contributed by atoms with van der Waals surface area (Å²) < 4.78 is 0. The molecular formula is C14H18Cl2Ti-2. The third-order valence-corrected chi connectivity index (χ3v) is 2.15. The summed E-state index contributed by atoms with van der Waals surface area (Å²) in [6.07, 6.45) is 22.5. The molecule has 0 N–H and O–H groups in total. The van der Waals surface area contributed by atoms with Crippen LogP contribution in [-0.4, -0.2) is 0 Å². The predicted octanol–water partition coefficient (Wildman–Crippen LogP) is 5.55. The van der Waals surface area contributed by atoms with Gasteiger partial charge in [0.25, 0.3) is 0 Å². The number of unbranched alkanes of at least 4 members (excludes halogenated alkanes) is 1. The van der Waals surface area contributed by atoms with E-state index in [0.29, 0.717) is 0 Å². The van der Waals surface area contributed by atoms with Crippen LogP contribution in [0.15, 0.2) is 36.0 Å². The van der Waals surface area contributed by atoms with Crippen LogP contribution in [0.5, 0.6) is 0 Å². The van der Waals surface area contributed by atoms with Crippen molar-refractivity contribution in [3.05, 3.63) is 48.1 Å². The summed E-state index contributed by atoms with van der Waals surface area (Å²) in [6, 6.07) is 0. The van der Waals surface area contributed by atoms with Crippen molar-refractivity contribution in [3.8, 4) is 0 Å². The number of halogens is 2. The van der Waals surface area contributed by atoms with Crippen molar-refractivity contribution in [3.63, 3.8) is 0 Å². The number of hydrogen-bond acceptors (Lipinski definition) is 0. The molecule has 0 radical (unpaired) electrons. The molecular weight excluding hydrogens is 287 g/mol. The van der Waals surface area contributed by atoms with Crippen LogP contribution in [0.1, 0.15) is 39.0 Å². The van der Waals surface area contributed by atoms with Crippen LogP contribution in [0, 0.1) is 12.2 Å². The van der Waals surface area contributed by atoms with Crippen molar-refractivity contribution in [2.75, 3.05) is 0 Å². The van der Waals surface area contributed by atoms with E-state index in [2.05, 4.69) is 37.3 Å². The van der Waals surface area contributed by atoms with Gasteiger partial charge in [0.05, 0.1) is 0 Å². The Morgan fingerprint density at radius 2 is 2.06 bits per heavy atom. The second-order valence-electron chi connectivity index (χ2n) is 3.49. The van der Waals surface area contributed by atoms with Gasteiger partial charge in [0.2, 0.25) is 0 Å². The zero-order valence-electron chi connectivity index (χ0n) is 10.2. The summed E-state index contributed by atoms with van der Waals surface area (Å²) >= 11 is -0.556. The molecule has 3 heteroatoms. The molecule has 2 rings (SSSR count). The molecule has 17 heavy (non-hydrogen) atoms. The third kappa shape index (κ3) is 12.5. The van der Waals surface area contributed by atoms with E-state index < -0.39 is 17.0 Å². The van der Waals surface area contributed by atoms with E-state index in [9.17, 15) is 0 Å². The first-order valence-electron chi connectivity index (χ1n) is 5.79. The second-order valence-corrected chi connectivity index (χ2v) is 6.07. The minimum atomic E-state index is -0.556. The van der Waals surface area contributed by atoms with E-state index in [1.54, 1.807) is 0 Å². The van der Waals surface area contributed by atoms with Gasteiger partial charge in [-0.05, 0) is 0 Å². The number of allylic oxidation sites excluding steroid dienone is 8. The quantitative estimate of drug-likeness (QED) is 0.474. The maximum atomic E-state index is 4.89. The number of rotatable bonds is 3. The number of hydrogen-bond donors (Lipinski definition) is 0. The van der Waals surface area contributed by atoms with E-state index in [0.717, 1.165) is 12.8 Å². The Bertz CT molecular complexity index is 268. The summed E-state index contributed by atoms with van der Waals surface area (Å²) in [7, 11) is 9.78. The van der Waals surface area contributed by atoms with Gasteiger partial charge in [-0.25, -0.2) is 23.8 Å². The first-order chi connectivity index (χ1) is 8.35. The standard InChI is InChI=1S/C9H13.C5H5.2ClH.Ti/c1-2-3-6-9-7-4-5-8-9;1-2-4-5-3-1;;;/h4,7H,2-3,5-6H2,1H3;1-3H,4H2;2*1H;/q2*-1;;;+2/p-2. The Morgan fingerprint density at radius 1 is 1.29 bits per heavy atom. The zero-order chi connectivity index (χ0) is 12.8. The summed E-state index contributed by atoms with van der Waals surface area (Å²) in [5.74, 6) is 0. The van der Waals surface area contributed by atoms with Gasteiger partial charge in [-0.2, -0.15) is 12.2 Å². The molecule has 0 saturated heterocycles. The van der Waals surface area contributed by atoms with E-state index in [1.165, 1.54) is 24.8 Å². The molecule has 0 spiro atoms. The molecule has 0 heterocycles. The van der Waals surface area contributed by atoms with Crippen molar-refractivity contribution in [2.24, 2.45) is 0 Å². The van der Waals surface area contributed by atoms with E-state index in [1.807, 2.05) is 12.2 Å². The molecule has 0 fully saturated rings. The Labute approximate surface area is 122 Å². The molecule has 0 atom stereocenters. The Kier molecular flexibility index (Phi) is 14.5. The third-order valence-electron chi connectivity index (χ3n) is 2.15. The second kappa shape index (κ2) is 14.3. The van der Waals surface area contributed by atoms with Crippen molar-refractivity contribution < 1.29 is 17.0 Å². The molecule has 0 aromatic rings. The fourth-order valence-electron chi connectivity index (χ4n) is 1.33. The average Bonchev–Trinajstić information content (AvgIpc) is 3.03. The minimum absolute atomic E-state index is 0.556. The molecule has 0 saturated carbocycles.